The number of hydrogen-bond acceptors (Lipinski definition) is 6. The Morgan fingerprint density at radius 3 is 2.35 bits per heavy atom. The first kappa shape index (κ1) is 22.5. The molecular weight excluding hydrogens is 402 g/mol. The fourth-order valence-electron chi connectivity index (χ4n) is 4.25. The maximum Gasteiger partial charge on any atom is 0.290 e. The molecule has 3 atom stereocenters. The molecule has 166 valence electrons. The average molecular weight is 429 g/mol. The largest absolute Gasteiger partial charge is 0.483 e. The highest BCUT2D eigenvalue weighted by Crippen LogP contribution is 2.27. The molecule has 1 aromatic heterocycles. The van der Waals surface area contributed by atoms with Gasteiger partial charge in [-0.25, -0.2) is 0 Å². The number of carbonyl (C=O) groups excluding carboxylic acids is 2. The number of aliphatic hydroxyl groups is 1. The molecule has 4 N–H and O–H groups in total. The van der Waals surface area contributed by atoms with Crippen molar-refractivity contribution in [3.8, 4) is 0 Å². The molecule has 0 unspecified atom stereocenters. The van der Waals surface area contributed by atoms with Gasteiger partial charge < -0.3 is 25.4 Å². The van der Waals surface area contributed by atoms with Gasteiger partial charge in [0.15, 0.2) is 5.69 Å². The fraction of sp³-hybridized carbons (Fsp3) is 0.455. The van der Waals surface area contributed by atoms with Crippen molar-refractivity contribution < 1.29 is 29.1 Å². The molecule has 1 fully saturated rings. The van der Waals surface area contributed by atoms with Crippen LogP contribution in [0.1, 0.15) is 46.6 Å². The van der Waals surface area contributed by atoms with Crippen molar-refractivity contribution in [2.24, 2.45) is 5.92 Å². The van der Waals surface area contributed by atoms with Crippen LogP contribution >= 0.6 is 0 Å². The molecular formula is C22H27N3O6. The van der Waals surface area contributed by atoms with Gasteiger partial charge in [0, 0.05) is 18.0 Å². The number of benzene rings is 1. The highest BCUT2D eigenvalue weighted by molar-refractivity contribution is 5.92. The molecule has 1 heterocycles. The van der Waals surface area contributed by atoms with Crippen molar-refractivity contribution in [3.05, 3.63) is 52.9 Å². The van der Waals surface area contributed by atoms with Crippen LogP contribution in [0.5, 0.6) is 0 Å². The summed E-state index contributed by atoms with van der Waals surface area (Å²) in [5.74, 6) is -0.0532. The SMILES string of the molecule is Cc1cc(C(=O)N[C@@H]2CC[C@H](C(=O)NC3Cc4ccccc4C3)C[C@H]2O)no1.O=CO. The Bertz CT molecular complexity index is 902. The van der Waals surface area contributed by atoms with Crippen LogP contribution in [-0.2, 0) is 22.4 Å². The van der Waals surface area contributed by atoms with E-state index in [4.69, 9.17) is 14.4 Å². The van der Waals surface area contributed by atoms with Gasteiger partial charge in [0.1, 0.15) is 5.76 Å². The number of fused-ring (bicyclic) bond motifs is 1. The van der Waals surface area contributed by atoms with E-state index in [-0.39, 0.29) is 42.0 Å². The maximum atomic E-state index is 12.7. The van der Waals surface area contributed by atoms with Crippen LogP contribution in [0.3, 0.4) is 0 Å². The van der Waals surface area contributed by atoms with Gasteiger partial charge in [0.2, 0.25) is 5.91 Å². The van der Waals surface area contributed by atoms with Crippen LogP contribution in [0.25, 0.3) is 0 Å². The monoisotopic (exact) mass is 429 g/mol. The number of nitrogens with zero attached hydrogens (tertiary/aromatic N) is 1. The molecule has 9 nitrogen and oxygen atoms in total. The van der Waals surface area contributed by atoms with E-state index in [9.17, 15) is 14.7 Å². The van der Waals surface area contributed by atoms with Crippen LogP contribution in [0.15, 0.2) is 34.9 Å². The number of carboxylic acid groups (broad SMARTS) is 1. The van der Waals surface area contributed by atoms with Gasteiger partial charge >= 0.3 is 0 Å². The van der Waals surface area contributed by atoms with Gasteiger partial charge in [-0.15, -0.1) is 0 Å². The van der Waals surface area contributed by atoms with Crippen molar-refractivity contribution in [1.29, 1.82) is 0 Å². The lowest BCUT2D eigenvalue weighted by atomic mass is 9.83. The first-order valence-electron chi connectivity index (χ1n) is 10.3. The normalized spacial score (nSPS) is 22.6. The third-order valence-corrected chi connectivity index (χ3v) is 5.76. The fourth-order valence-corrected chi connectivity index (χ4v) is 4.25. The Kier molecular flexibility index (Phi) is 7.41. The second kappa shape index (κ2) is 10.2. The summed E-state index contributed by atoms with van der Waals surface area (Å²) in [6.45, 7) is 1.46. The first-order valence-corrected chi connectivity index (χ1v) is 10.3. The summed E-state index contributed by atoms with van der Waals surface area (Å²) in [7, 11) is 0. The Balaban J connectivity index is 0.000000858. The number of amides is 2. The predicted octanol–water partition coefficient (Wildman–Crippen LogP) is 1.23. The predicted molar refractivity (Wildman–Crippen MR) is 110 cm³/mol. The van der Waals surface area contributed by atoms with Crippen molar-refractivity contribution in [1.82, 2.24) is 15.8 Å². The summed E-state index contributed by atoms with van der Waals surface area (Å²) in [6.07, 6.45) is 2.47. The van der Waals surface area contributed by atoms with Gasteiger partial charge in [0.25, 0.3) is 12.4 Å². The summed E-state index contributed by atoms with van der Waals surface area (Å²) in [5, 5.41) is 27.0. The van der Waals surface area contributed by atoms with E-state index >= 15 is 0 Å². The molecule has 9 heteroatoms. The van der Waals surface area contributed by atoms with Gasteiger partial charge in [-0.3, -0.25) is 14.4 Å². The van der Waals surface area contributed by atoms with Gasteiger partial charge in [-0.2, -0.15) is 0 Å². The van der Waals surface area contributed by atoms with Crippen molar-refractivity contribution in [3.63, 3.8) is 0 Å². The molecule has 2 aromatic rings. The molecule has 2 amide bonds. The van der Waals surface area contributed by atoms with E-state index < -0.39 is 6.10 Å². The summed E-state index contributed by atoms with van der Waals surface area (Å²) < 4.78 is 4.91. The van der Waals surface area contributed by atoms with E-state index in [0.29, 0.717) is 25.0 Å². The van der Waals surface area contributed by atoms with Gasteiger partial charge in [-0.05, 0) is 50.2 Å². The van der Waals surface area contributed by atoms with Crippen molar-refractivity contribution in [2.75, 3.05) is 0 Å². The second-order valence-electron chi connectivity index (χ2n) is 7.97. The molecule has 1 aromatic carbocycles. The van der Waals surface area contributed by atoms with Crippen molar-refractivity contribution in [2.45, 2.75) is 57.2 Å². The molecule has 0 aliphatic heterocycles. The van der Waals surface area contributed by atoms with Crippen LogP contribution in [-0.4, -0.2) is 51.8 Å². The van der Waals surface area contributed by atoms with E-state index in [1.165, 1.54) is 11.1 Å². The molecule has 1 saturated carbocycles. The van der Waals surface area contributed by atoms with Crippen LogP contribution in [0.2, 0.25) is 0 Å². The molecule has 31 heavy (non-hydrogen) atoms. The van der Waals surface area contributed by atoms with Crippen molar-refractivity contribution >= 4 is 18.3 Å². The smallest absolute Gasteiger partial charge is 0.290 e. The lowest BCUT2D eigenvalue weighted by Crippen LogP contribution is -2.50. The minimum atomic E-state index is -0.762. The quantitative estimate of drug-likeness (QED) is 0.536. The number of aliphatic hydroxyl groups excluding tert-OH is 1. The van der Waals surface area contributed by atoms with Crippen LogP contribution < -0.4 is 10.6 Å². The summed E-state index contributed by atoms with van der Waals surface area (Å²) in [4.78, 5) is 33.2. The third-order valence-electron chi connectivity index (χ3n) is 5.76. The van der Waals surface area contributed by atoms with Gasteiger partial charge in [-0.1, -0.05) is 29.4 Å². The Labute approximate surface area is 179 Å². The lowest BCUT2D eigenvalue weighted by Gasteiger charge is -2.33. The average Bonchev–Trinajstić information content (AvgIpc) is 3.35. The molecule has 0 bridgehead atoms. The van der Waals surface area contributed by atoms with Crippen LogP contribution in [0.4, 0.5) is 0 Å². The van der Waals surface area contributed by atoms with Gasteiger partial charge in [0.05, 0.1) is 12.1 Å². The number of nitrogens with one attached hydrogen (secondary N) is 2. The molecule has 4 rings (SSSR count). The number of carbonyl (C=O) groups is 3. The molecule has 2 aliphatic rings. The minimum absolute atomic E-state index is 0.00578. The number of aromatic nitrogens is 1. The molecule has 2 aliphatic carbocycles. The summed E-state index contributed by atoms with van der Waals surface area (Å²) >= 11 is 0. The molecule has 0 spiro atoms. The number of hydrogen-bond donors (Lipinski definition) is 4. The Morgan fingerprint density at radius 2 is 1.81 bits per heavy atom. The summed E-state index contributed by atoms with van der Waals surface area (Å²) in [6, 6.07) is 9.55. The topological polar surface area (TPSA) is 142 Å². The Morgan fingerprint density at radius 1 is 1.16 bits per heavy atom. The first-order chi connectivity index (χ1) is 14.9. The zero-order valence-electron chi connectivity index (χ0n) is 17.3. The second-order valence-corrected chi connectivity index (χ2v) is 7.97. The molecule has 0 saturated heterocycles. The van der Waals surface area contributed by atoms with E-state index in [1.807, 2.05) is 12.1 Å². The number of rotatable bonds is 4. The Hall–Kier alpha value is -3.20. The highest BCUT2D eigenvalue weighted by atomic mass is 16.5. The van der Waals surface area contributed by atoms with E-state index in [2.05, 4.69) is 27.9 Å². The summed E-state index contributed by atoms with van der Waals surface area (Å²) in [5.41, 5.74) is 2.79. The lowest BCUT2D eigenvalue weighted by molar-refractivity contribution is -0.128. The van der Waals surface area contributed by atoms with E-state index in [1.54, 1.807) is 13.0 Å². The minimum Gasteiger partial charge on any atom is -0.483 e. The van der Waals surface area contributed by atoms with E-state index in [0.717, 1.165) is 12.8 Å². The third kappa shape index (κ3) is 5.69. The number of aryl methyl sites for hydroxylation is 1. The maximum absolute atomic E-state index is 12.7. The zero-order chi connectivity index (χ0) is 22.4. The highest BCUT2D eigenvalue weighted by Gasteiger charge is 2.35. The zero-order valence-corrected chi connectivity index (χ0v) is 17.3. The van der Waals surface area contributed by atoms with Crippen LogP contribution in [0, 0.1) is 12.8 Å². The molecule has 0 radical (unpaired) electrons. The standard InChI is InChI=1S/C21H25N3O4.CH2O2/c1-12-8-18(24-28-12)21(27)23-17-7-6-15(11-19(17)25)20(26)22-16-9-13-4-2-3-5-14(13)10-16;2-1-3/h2-5,8,15-17,19,25H,6-7,9-11H2,1H3,(H,22,26)(H,23,27);1H,(H,2,3)/t15-,17+,19+;/m0./s1.